The summed E-state index contributed by atoms with van der Waals surface area (Å²) in [5.74, 6) is -1.32. The SMILES string of the molecule is NCc1ccc(S(=O)(=O)ON2C(=O)CCC2=O)cc1. The van der Waals surface area contributed by atoms with Crippen LogP contribution < -0.4 is 5.73 Å². The molecule has 0 aliphatic carbocycles. The number of hydroxylamine groups is 2. The lowest BCUT2D eigenvalue weighted by Gasteiger charge is -2.12. The summed E-state index contributed by atoms with van der Waals surface area (Å²) in [5, 5.41) is 0.298. The van der Waals surface area contributed by atoms with E-state index in [0.717, 1.165) is 5.56 Å². The number of hydrogen-bond acceptors (Lipinski definition) is 6. The Hall–Kier alpha value is -1.77. The third-order valence-corrected chi connectivity index (χ3v) is 3.82. The van der Waals surface area contributed by atoms with Crippen molar-refractivity contribution in [1.29, 1.82) is 0 Å². The maximum atomic E-state index is 11.9. The van der Waals surface area contributed by atoms with E-state index in [4.69, 9.17) is 5.73 Å². The summed E-state index contributed by atoms with van der Waals surface area (Å²) in [6, 6.07) is 5.68. The standard InChI is InChI=1S/C11H12N2O5S/c12-7-8-1-3-9(4-2-8)19(16,17)18-13-10(14)5-6-11(13)15/h1-4H,5-7,12H2. The molecule has 102 valence electrons. The summed E-state index contributed by atoms with van der Waals surface area (Å²) < 4.78 is 28.3. The van der Waals surface area contributed by atoms with Gasteiger partial charge in [0.15, 0.2) is 0 Å². The Morgan fingerprint density at radius 3 is 2.11 bits per heavy atom. The highest BCUT2D eigenvalue weighted by molar-refractivity contribution is 7.86. The normalized spacial score (nSPS) is 16.2. The molecule has 8 heteroatoms. The van der Waals surface area contributed by atoms with Crippen molar-refractivity contribution in [3.63, 3.8) is 0 Å². The summed E-state index contributed by atoms with van der Waals surface area (Å²) in [6.07, 6.45) is -0.0824. The molecule has 1 aliphatic rings. The van der Waals surface area contributed by atoms with Crippen molar-refractivity contribution in [1.82, 2.24) is 5.06 Å². The van der Waals surface area contributed by atoms with Crippen molar-refractivity contribution in [3.05, 3.63) is 29.8 Å². The fraction of sp³-hybridized carbons (Fsp3) is 0.273. The predicted octanol–water partition coefficient (Wildman–Crippen LogP) is -0.0854. The van der Waals surface area contributed by atoms with Gasteiger partial charge in [0.05, 0.1) is 4.90 Å². The number of imide groups is 1. The van der Waals surface area contributed by atoms with Crippen LogP contribution >= 0.6 is 0 Å². The number of nitrogens with two attached hydrogens (primary N) is 1. The molecule has 0 atom stereocenters. The number of nitrogens with zero attached hydrogens (tertiary/aromatic N) is 1. The summed E-state index contributed by atoms with van der Waals surface area (Å²) in [5.41, 5.74) is 6.16. The summed E-state index contributed by atoms with van der Waals surface area (Å²) in [6.45, 7) is 0.282. The second-order valence-corrected chi connectivity index (χ2v) is 5.49. The van der Waals surface area contributed by atoms with Gasteiger partial charge in [0.1, 0.15) is 0 Å². The monoisotopic (exact) mass is 284 g/mol. The minimum absolute atomic E-state index is 0.0412. The van der Waals surface area contributed by atoms with Crippen LogP contribution in [0, 0.1) is 0 Å². The van der Waals surface area contributed by atoms with Gasteiger partial charge in [0, 0.05) is 19.4 Å². The molecule has 2 rings (SSSR count). The Balaban J connectivity index is 2.22. The second kappa shape index (κ2) is 5.08. The van der Waals surface area contributed by atoms with Crippen LogP contribution in [-0.2, 0) is 30.5 Å². The molecular formula is C11H12N2O5S. The van der Waals surface area contributed by atoms with Crippen molar-refractivity contribution in [2.45, 2.75) is 24.3 Å². The molecule has 0 spiro atoms. The first-order valence-electron chi connectivity index (χ1n) is 5.53. The number of benzene rings is 1. The van der Waals surface area contributed by atoms with Crippen LogP contribution in [-0.4, -0.2) is 25.3 Å². The van der Waals surface area contributed by atoms with Crippen molar-refractivity contribution in [3.8, 4) is 0 Å². The van der Waals surface area contributed by atoms with E-state index in [1.165, 1.54) is 24.3 Å². The molecule has 1 fully saturated rings. The fourth-order valence-electron chi connectivity index (χ4n) is 1.57. The molecule has 19 heavy (non-hydrogen) atoms. The zero-order valence-electron chi connectivity index (χ0n) is 9.90. The van der Waals surface area contributed by atoms with E-state index in [-0.39, 0.29) is 24.3 Å². The number of hydrogen-bond donors (Lipinski definition) is 1. The average molecular weight is 284 g/mol. The van der Waals surface area contributed by atoms with Crippen molar-refractivity contribution in [2.24, 2.45) is 5.73 Å². The first-order valence-corrected chi connectivity index (χ1v) is 6.94. The zero-order chi connectivity index (χ0) is 14.0. The van der Waals surface area contributed by atoms with E-state index in [2.05, 4.69) is 4.28 Å². The highest BCUT2D eigenvalue weighted by Gasteiger charge is 2.34. The lowest BCUT2D eigenvalue weighted by molar-refractivity contribution is -0.163. The predicted molar refractivity (Wildman–Crippen MR) is 63.7 cm³/mol. The fourth-order valence-corrected chi connectivity index (χ4v) is 2.49. The number of rotatable bonds is 4. The van der Waals surface area contributed by atoms with Gasteiger partial charge in [0.25, 0.3) is 11.8 Å². The van der Waals surface area contributed by atoms with Crippen LogP contribution in [0.5, 0.6) is 0 Å². The van der Waals surface area contributed by atoms with Crippen LogP contribution in [0.2, 0.25) is 0 Å². The number of carbonyl (C=O) groups excluding carboxylic acids is 2. The third-order valence-electron chi connectivity index (χ3n) is 2.63. The Bertz CT molecular complexity index is 592. The van der Waals surface area contributed by atoms with Gasteiger partial charge < -0.3 is 5.73 Å². The highest BCUT2D eigenvalue weighted by Crippen LogP contribution is 2.19. The maximum absolute atomic E-state index is 11.9. The third kappa shape index (κ3) is 2.80. The van der Waals surface area contributed by atoms with Crippen molar-refractivity contribution in [2.75, 3.05) is 0 Å². The first-order chi connectivity index (χ1) is 8.94. The van der Waals surface area contributed by atoms with Gasteiger partial charge >= 0.3 is 10.1 Å². The van der Waals surface area contributed by atoms with Crippen LogP contribution in [0.15, 0.2) is 29.2 Å². The van der Waals surface area contributed by atoms with E-state index in [0.29, 0.717) is 5.06 Å². The highest BCUT2D eigenvalue weighted by atomic mass is 32.2. The van der Waals surface area contributed by atoms with Gasteiger partial charge in [0.2, 0.25) is 0 Å². The van der Waals surface area contributed by atoms with E-state index in [1.54, 1.807) is 0 Å². The Morgan fingerprint density at radius 2 is 1.63 bits per heavy atom. The Labute approximate surface area is 110 Å². The van der Waals surface area contributed by atoms with E-state index in [9.17, 15) is 18.0 Å². The molecule has 0 unspecified atom stereocenters. The lowest BCUT2D eigenvalue weighted by atomic mass is 10.2. The summed E-state index contributed by atoms with van der Waals surface area (Å²) in [4.78, 5) is 22.4. The molecule has 0 saturated carbocycles. The molecule has 1 aliphatic heterocycles. The first kappa shape index (κ1) is 13.7. The Morgan fingerprint density at radius 1 is 1.11 bits per heavy atom. The lowest BCUT2D eigenvalue weighted by Crippen LogP contribution is -2.32. The van der Waals surface area contributed by atoms with Gasteiger partial charge in [-0.2, -0.15) is 8.42 Å². The molecular weight excluding hydrogens is 272 g/mol. The smallest absolute Gasteiger partial charge is 0.318 e. The number of carbonyl (C=O) groups is 2. The number of amides is 2. The molecule has 1 aromatic carbocycles. The van der Waals surface area contributed by atoms with E-state index in [1.807, 2.05) is 0 Å². The summed E-state index contributed by atoms with van der Waals surface area (Å²) >= 11 is 0. The zero-order valence-corrected chi connectivity index (χ0v) is 10.7. The van der Waals surface area contributed by atoms with Gasteiger partial charge in [-0.3, -0.25) is 9.59 Å². The van der Waals surface area contributed by atoms with Crippen LogP contribution in [0.1, 0.15) is 18.4 Å². The van der Waals surface area contributed by atoms with Crippen molar-refractivity contribution >= 4 is 21.9 Å². The molecule has 1 saturated heterocycles. The van der Waals surface area contributed by atoms with Crippen LogP contribution in [0.4, 0.5) is 0 Å². The van der Waals surface area contributed by atoms with Crippen LogP contribution in [0.3, 0.4) is 0 Å². The maximum Gasteiger partial charge on any atom is 0.318 e. The molecule has 0 bridgehead atoms. The molecule has 7 nitrogen and oxygen atoms in total. The van der Waals surface area contributed by atoms with E-state index >= 15 is 0 Å². The molecule has 1 aromatic rings. The second-order valence-electron chi connectivity index (χ2n) is 3.96. The van der Waals surface area contributed by atoms with Crippen LogP contribution in [0.25, 0.3) is 0 Å². The minimum Gasteiger partial charge on any atom is -0.326 e. The Kier molecular flexibility index (Phi) is 3.65. The summed E-state index contributed by atoms with van der Waals surface area (Å²) in [7, 11) is -4.19. The minimum atomic E-state index is -4.19. The average Bonchev–Trinajstić information content (AvgIpc) is 2.70. The van der Waals surface area contributed by atoms with Gasteiger partial charge in [-0.1, -0.05) is 12.1 Å². The molecule has 1 heterocycles. The van der Waals surface area contributed by atoms with Crippen molar-refractivity contribution < 1.29 is 22.3 Å². The van der Waals surface area contributed by atoms with E-state index < -0.39 is 21.9 Å². The molecule has 2 amide bonds. The molecule has 0 aromatic heterocycles. The molecule has 0 radical (unpaired) electrons. The van der Waals surface area contributed by atoms with Gasteiger partial charge in [-0.05, 0) is 17.7 Å². The van der Waals surface area contributed by atoms with Gasteiger partial charge in [-0.15, -0.1) is 9.35 Å². The quantitative estimate of drug-likeness (QED) is 0.775. The van der Waals surface area contributed by atoms with Gasteiger partial charge in [-0.25, -0.2) is 0 Å². The largest absolute Gasteiger partial charge is 0.326 e. The molecule has 2 N–H and O–H groups in total. The topological polar surface area (TPSA) is 107 Å².